The zero-order valence-electron chi connectivity index (χ0n) is 18.5. The van der Waals surface area contributed by atoms with Gasteiger partial charge in [0.25, 0.3) is 0 Å². The number of benzene rings is 2. The van der Waals surface area contributed by atoms with Gasteiger partial charge in [-0.05, 0) is 50.4 Å². The summed E-state index contributed by atoms with van der Waals surface area (Å²) in [5, 5.41) is 7.27. The van der Waals surface area contributed by atoms with E-state index in [0.717, 1.165) is 37.2 Å². The molecule has 0 unspecified atom stereocenters. The fourth-order valence-corrected chi connectivity index (χ4v) is 4.03. The highest BCUT2D eigenvalue weighted by Gasteiger charge is 2.26. The molecule has 0 spiro atoms. The van der Waals surface area contributed by atoms with Gasteiger partial charge in [0.15, 0.2) is 0 Å². The molecular formula is C25H30N4O2. The number of nitrogens with one attached hydrogen (secondary N) is 1. The summed E-state index contributed by atoms with van der Waals surface area (Å²) >= 11 is 0. The summed E-state index contributed by atoms with van der Waals surface area (Å²) in [6.07, 6.45) is 1.66. The first-order valence-electron chi connectivity index (χ1n) is 11.0. The van der Waals surface area contributed by atoms with Gasteiger partial charge in [-0.2, -0.15) is 4.98 Å². The van der Waals surface area contributed by atoms with E-state index >= 15 is 0 Å². The first-order valence-corrected chi connectivity index (χ1v) is 11.0. The molecule has 6 nitrogen and oxygen atoms in total. The molecule has 1 N–H and O–H groups in total. The molecule has 1 aliphatic heterocycles. The van der Waals surface area contributed by atoms with Crippen molar-refractivity contribution < 1.29 is 9.32 Å². The van der Waals surface area contributed by atoms with E-state index in [1.54, 1.807) is 0 Å². The average molecular weight is 419 g/mol. The molecule has 2 heterocycles. The van der Waals surface area contributed by atoms with Gasteiger partial charge < -0.3 is 9.84 Å². The van der Waals surface area contributed by atoms with Crippen LogP contribution in [0, 0.1) is 12.8 Å². The first-order chi connectivity index (χ1) is 15.0. The molecule has 1 saturated heterocycles. The van der Waals surface area contributed by atoms with Gasteiger partial charge in [0, 0.05) is 17.2 Å². The lowest BCUT2D eigenvalue weighted by molar-refractivity contribution is -0.121. The Morgan fingerprint density at radius 1 is 1.13 bits per heavy atom. The Kier molecular flexibility index (Phi) is 6.47. The molecular weight excluding hydrogens is 388 g/mol. The van der Waals surface area contributed by atoms with Gasteiger partial charge in [-0.15, -0.1) is 0 Å². The molecule has 0 saturated carbocycles. The van der Waals surface area contributed by atoms with Crippen LogP contribution < -0.4 is 5.32 Å². The lowest BCUT2D eigenvalue weighted by atomic mass is 9.95. The summed E-state index contributed by atoms with van der Waals surface area (Å²) in [6, 6.07) is 16.2. The van der Waals surface area contributed by atoms with E-state index in [9.17, 15) is 4.79 Å². The largest absolute Gasteiger partial charge is 0.338 e. The van der Waals surface area contributed by atoms with E-state index in [2.05, 4.69) is 47.2 Å². The summed E-state index contributed by atoms with van der Waals surface area (Å²) in [6.45, 7) is 8.64. The van der Waals surface area contributed by atoms with Gasteiger partial charge in [0.05, 0.1) is 6.54 Å². The van der Waals surface area contributed by atoms with Crippen molar-refractivity contribution in [2.45, 2.75) is 46.1 Å². The molecule has 3 aromatic rings. The van der Waals surface area contributed by atoms with Crippen molar-refractivity contribution in [3.05, 3.63) is 65.5 Å². The molecule has 1 aliphatic rings. The molecule has 0 aliphatic carbocycles. The monoisotopic (exact) mass is 418 g/mol. The van der Waals surface area contributed by atoms with Crippen molar-refractivity contribution in [1.82, 2.24) is 15.0 Å². The molecule has 6 heteroatoms. The van der Waals surface area contributed by atoms with Crippen LogP contribution in [0.2, 0.25) is 0 Å². The number of likely N-dealkylation sites (tertiary alicyclic amines) is 1. The Morgan fingerprint density at radius 2 is 1.84 bits per heavy atom. The molecule has 0 radical (unpaired) electrons. The molecule has 1 aromatic heterocycles. The number of hydrogen-bond donors (Lipinski definition) is 1. The first kappa shape index (κ1) is 21.2. The number of para-hydroxylation sites is 1. The van der Waals surface area contributed by atoms with Crippen molar-refractivity contribution in [2.24, 2.45) is 5.92 Å². The summed E-state index contributed by atoms with van der Waals surface area (Å²) in [7, 11) is 0. The fraction of sp³-hybridized carbons (Fsp3) is 0.400. The molecule has 2 aromatic carbocycles. The summed E-state index contributed by atoms with van der Waals surface area (Å²) in [4.78, 5) is 19.6. The van der Waals surface area contributed by atoms with Crippen molar-refractivity contribution in [2.75, 3.05) is 18.4 Å². The summed E-state index contributed by atoms with van der Waals surface area (Å²) < 4.78 is 5.46. The zero-order valence-corrected chi connectivity index (χ0v) is 18.5. The highest BCUT2D eigenvalue weighted by atomic mass is 16.5. The van der Waals surface area contributed by atoms with Crippen LogP contribution in [-0.2, 0) is 11.3 Å². The van der Waals surface area contributed by atoms with Gasteiger partial charge in [0.1, 0.15) is 0 Å². The lowest BCUT2D eigenvalue weighted by Gasteiger charge is -2.30. The van der Waals surface area contributed by atoms with E-state index in [1.165, 1.54) is 11.1 Å². The topological polar surface area (TPSA) is 71.3 Å². The van der Waals surface area contributed by atoms with Crippen molar-refractivity contribution in [3.63, 3.8) is 0 Å². The third-order valence-corrected chi connectivity index (χ3v) is 5.94. The Bertz CT molecular complexity index is 1020. The van der Waals surface area contributed by atoms with Crippen molar-refractivity contribution in [3.8, 4) is 11.4 Å². The van der Waals surface area contributed by atoms with Gasteiger partial charge in [-0.25, -0.2) is 0 Å². The second-order valence-corrected chi connectivity index (χ2v) is 8.66. The number of aromatic nitrogens is 2. The molecule has 1 amide bonds. The summed E-state index contributed by atoms with van der Waals surface area (Å²) in [5.41, 5.74) is 4.26. The molecule has 1 fully saturated rings. The van der Waals surface area contributed by atoms with Crippen LogP contribution in [0.25, 0.3) is 11.4 Å². The zero-order chi connectivity index (χ0) is 21.8. The maximum absolute atomic E-state index is 12.8. The van der Waals surface area contributed by atoms with Crippen LogP contribution in [0.4, 0.5) is 5.69 Å². The van der Waals surface area contributed by atoms with Crippen LogP contribution in [0.1, 0.15) is 49.6 Å². The number of aryl methyl sites for hydroxylation is 1. The van der Waals surface area contributed by atoms with E-state index in [4.69, 9.17) is 4.52 Å². The minimum Gasteiger partial charge on any atom is -0.338 e. The number of hydrogen-bond acceptors (Lipinski definition) is 5. The second-order valence-electron chi connectivity index (χ2n) is 8.66. The number of carbonyl (C=O) groups excluding carboxylic acids is 1. The lowest BCUT2D eigenvalue weighted by Crippen LogP contribution is -2.38. The SMILES string of the molecule is Cc1ccc(-c2noc(CN3CCC(C(=O)Nc4ccccc4C(C)C)CC3)n2)cc1. The minimum atomic E-state index is 0.0299. The second kappa shape index (κ2) is 9.43. The fourth-order valence-electron chi connectivity index (χ4n) is 4.03. The van der Waals surface area contributed by atoms with E-state index in [1.807, 2.05) is 42.5 Å². The van der Waals surface area contributed by atoms with Gasteiger partial charge in [-0.3, -0.25) is 9.69 Å². The number of nitrogens with zero attached hydrogens (tertiary/aromatic N) is 3. The minimum absolute atomic E-state index is 0.0299. The number of carbonyl (C=O) groups is 1. The molecule has 31 heavy (non-hydrogen) atoms. The van der Waals surface area contributed by atoms with Crippen LogP contribution in [-0.4, -0.2) is 34.0 Å². The predicted molar refractivity (Wildman–Crippen MR) is 122 cm³/mol. The van der Waals surface area contributed by atoms with E-state index < -0.39 is 0 Å². The molecule has 0 bridgehead atoms. The number of rotatable bonds is 6. The van der Waals surface area contributed by atoms with Gasteiger partial charge in [-0.1, -0.05) is 67.0 Å². The molecule has 162 valence electrons. The third-order valence-electron chi connectivity index (χ3n) is 5.94. The van der Waals surface area contributed by atoms with Crippen LogP contribution in [0.3, 0.4) is 0 Å². The normalized spacial score (nSPS) is 15.4. The average Bonchev–Trinajstić information content (AvgIpc) is 3.23. The van der Waals surface area contributed by atoms with Crippen molar-refractivity contribution >= 4 is 11.6 Å². The third kappa shape index (κ3) is 5.20. The molecule has 0 atom stereocenters. The predicted octanol–water partition coefficient (Wildman–Crippen LogP) is 5.02. The highest BCUT2D eigenvalue weighted by molar-refractivity contribution is 5.93. The maximum atomic E-state index is 12.8. The number of piperidine rings is 1. The van der Waals surface area contributed by atoms with E-state index in [-0.39, 0.29) is 11.8 Å². The smallest absolute Gasteiger partial charge is 0.241 e. The van der Waals surface area contributed by atoms with Crippen molar-refractivity contribution in [1.29, 1.82) is 0 Å². The van der Waals surface area contributed by atoms with Crippen LogP contribution in [0.5, 0.6) is 0 Å². The highest BCUT2D eigenvalue weighted by Crippen LogP contribution is 2.26. The standard InChI is InChI=1S/C25H30N4O2/c1-17(2)21-6-4-5-7-22(21)26-25(30)20-12-14-29(15-13-20)16-23-27-24(28-31-23)19-10-8-18(3)9-11-19/h4-11,17,20H,12-16H2,1-3H3,(H,26,30). The van der Waals surface area contributed by atoms with Crippen LogP contribution in [0.15, 0.2) is 53.1 Å². The van der Waals surface area contributed by atoms with E-state index in [0.29, 0.717) is 24.2 Å². The number of anilines is 1. The number of amides is 1. The van der Waals surface area contributed by atoms with Gasteiger partial charge in [0.2, 0.25) is 17.6 Å². The maximum Gasteiger partial charge on any atom is 0.241 e. The molecule has 4 rings (SSSR count). The Balaban J connectivity index is 1.30. The van der Waals surface area contributed by atoms with Crippen LogP contribution >= 0.6 is 0 Å². The Morgan fingerprint density at radius 3 is 2.55 bits per heavy atom. The Hall–Kier alpha value is -2.99. The quantitative estimate of drug-likeness (QED) is 0.609. The Labute approximate surface area is 183 Å². The summed E-state index contributed by atoms with van der Waals surface area (Å²) in [5.74, 6) is 1.75. The van der Waals surface area contributed by atoms with Gasteiger partial charge >= 0.3 is 0 Å².